The van der Waals surface area contributed by atoms with Gasteiger partial charge in [-0.05, 0) is 36.4 Å². The highest BCUT2D eigenvalue weighted by Crippen LogP contribution is 2.19. The van der Waals surface area contributed by atoms with E-state index in [1.54, 1.807) is 47.3 Å². The fourth-order valence-electron chi connectivity index (χ4n) is 2.03. The van der Waals surface area contributed by atoms with Crippen LogP contribution in [0.15, 0.2) is 65.7 Å². The van der Waals surface area contributed by atoms with Crippen molar-refractivity contribution in [3.05, 3.63) is 77.0 Å². The summed E-state index contributed by atoms with van der Waals surface area (Å²) in [5, 5.41) is 2.67. The van der Waals surface area contributed by atoms with E-state index in [0.717, 1.165) is 4.47 Å². The maximum absolute atomic E-state index is 14.1. The third-order valence-corrected chi connectivity index (χ3v) is 3.57. The van der Waals surface area contributed by atoms with Crippen molar-refractivity contribution in [3.63, 3.8) is 0 Å². The highest BCUT2D eigenvalue weighted by Gasteiger charge is 2.09. The van der Waals surface area contributed by atoms with Crippen molar-refractivity contribution < 1.29 is 9.18 Å². The number of carbonyl (C=O) groups is 1. The topological polar surface area (TPSA) is 46.9 Å². The van der Waals surface area contributed by atoms with Crippen LogP contribution in [-0.4, -0.2) is 15.5 Å². The van der Waals surface area contributed by atoms with Crippen LogP contribution in [0.3, 0.4) is 0 Å². The molecule has 0 aliphatic heterocycles. The van der Waals surface area contributed by atoms with E-state index in [1.807, 2.05) is 6.07 Å². The molecule has 22 heavy (non-hydrogen) atoms. The van der Waals surface area contributed by atoms with Gasteiger partial charge in [-0.1, -0.05) is 22.0 Å². The van der Waals surface area contributed by atoms with Crippen LogP contribution in [0.5, 0.6) is 0 Å². The Morgan fingerprint density at radius 1 is 1.23 bits per heavy atom. The average molecular weight is 360 g/mol. The third kappa shape index (κ3) is 3.07. The molecule has 6 heteroatoms. The van der Waals surface area contributed by atoms with E-state index in [0.29, 0.717) is 16.9 Å². The summed E-state index contributed by atoms with van der Waals surface area (Å²) in [5.74, 6) is -0.735. The molecule has 1 N–H and O–H groups in total. The number of amides is 1. The summed E-state index contributed by atoms with van der Waals surface area (Å²) >= 11 is 3.31. The molecule has 1 heterocycles. The van der Waals surface area contributed by atoms with Gasteiger partial charge in [0.1, 0.15) is 5.82 Å². The predicted octanol–water partition coefficient (Wildman–Crippen LogP) is 4.03. The van der Waals surface area contributed by atoms with Crippen LogP contribution in [0.1, 0.15) is 10.4 Å². The minimum absolute atomic E-state index is 0.295. The number of benzene rings is 2. The molecule has 2 aromatic carbocycles. The van der Waals surface area contributed by atoms with Gasteiger partial charge in [0, 0.05) is 28.1 Å². The molecule has 3 rings (SSSR count). The van der Waals surface area contributed by atoms with Gasteiger partial charge in [0.2, 0.25) is 0 Å². The van der Waals surface area contributed by atoms with Crippen LogP contribution in [0.2, 0.25) is 0 Å². The lowest BCUT2D eigenvalue weighted by Gasteiger charge is -2.09. The molecule has 1 amide bonds. The molecule has 0 aliphatic rings. The minimum atomic E-state index is -0.440. The molecule has 0 aliphatic carbocycles. The van der Waals surface area contributed by atoms with Gasteiger partial charge >= 0.3 is 0 Å². The Hall–Kier alpha value is -2.47. The molecule has 0 bridgehead atoms. The molecule has 0 unspecified atom stereocenters. The Morgan fingerprint density at radius 2 is 2.09 bits per heavy atom. The Kier molecular flexibility index (Phi) is 4.02. The molecule has 0 saturated heterocycles. The normalized spacial score (nSPS) is 10.5. The van der Waals surface area contributed by atoms with Crippen molar-refractivity contribution in [3.8, 4) is 5.69 Å². The molecule has 4 nitrogen and oxygen atoms in total. The Morgan fingerprint density at radius 3 is 2.77 bits per heavy atom. The van der Waals surface area contributed by atoms with Gasteiger partial charge in [-0.3, -0.25) is 4.79 Å². The monoisotopic (exact) mass is 359 g/mol. The lowest BCUT2D eigenvalue weighted by atomic mass is 10.2. The number of nitrogens with one attached hydrogen (secondary N) is 1. The number of carbonyl (C=O) groups excluding carboxylic acids is 1. The van der Waals surface area contributed by atoms with Crippen molar-refractivity contribution in [2.75, 3.05) is 5.32 Å². The second kappa shape index (κ2) is 6.11. The molecule has 0 spiro atoms. The molecule has 0 saturated carbocycles. The molecule has 0 radical (unpaired) electrons. The number of aromatic nitrogens is 2. The number of halogens is 2. The second-order valence-corrected chi connectivity index (χ2v) is 5.52. The summed E-state index contributed by atoms with van der Waals surface area (Å²) in [5.41, 5.74) is 1.26. The number of hydrogen-bond donors (Lipinski definition) is 1. The first-order valence-electron chi connectivity index (χ1n) is 6.48. The second-order valence-electron chi connectivity index (χ2n) is 4.60. The fraction of sp³-hybridized carbons (Fsp3) is 0. The highest BCUT2D eigenvalue weighted by molar-refractivity contribution is 9.10. The number of rotatable bonds is 3. The summed E-state index contributed by atoms with van der Waals surface area (Å²) in [6, 6.07) is 11.5. The zero-order chi connectivity index (χ0) is 15.5. The van der Waals surface area contributed by atoms with Crippen LogP contribution >= 0.6 is 15.9 Å². The highest BCUT2D eigenvalue weighted by atomic mass is 79.9. The van der Waals surface area contributed by atoms with Gasteiger partial charge in [-0.2, -0.15) is 0 Å². The van der Waals surface area contributed by atoms with Crippen LogP contribution in [0, 0.1) is 5.82 Å². The molecule has 1 aromatic heterocycles. The largest absolute Gasteiger partial charge is 0.322 e. The van der Waals surface area contributed by atoms with Crippen LogP contribution in [0.25, 0.3) is 5.69 Å². The first-order valence-corrected chi connectivity index (χ1v) is 7.27. The van der Waals surface area contributed by atoms with Gasteiger partial charge in [0.05, 0.1) is 12.0 Å². The van der Waals surface area contributed by atoms with Crippen molar-refractivity contribution in [2.24, 2.45) is 0 Å². The van der Waals surface area contributed by atoms with E-state index in [1.165, 1.54) is 12.4 Å². The standard InChI is InChI=1S/C16H11BrFN3O/c17-12-3-1-2-11(8-12)16(22)20-13-4-5-15(14(18)9-13)21-7-6-19-10-21/h1-10H,(H,20,22). The maximum Gasteiger partial charge on any atom is 0.255 e. The first-order chi connectivity index (χ1) is 10.6. The Bertz CT molecular complexity index is 818. The zero-order valence-electron chi connectivity index (χ0n) is 11.3. The molecule has 110 valence electrons. The summed E-state index contributed by atoms with van der Waals surface area (Å²) in [6.45, 7) is 0. The lowest BCUT2D eigenvalue weighted by Crippen LogP contribution is -2.12. The van der Waals surface area contributed by atoms with E-state index in [-0.39, 0.29) is 5.91 Å². The first kappa shape index (κ1) is 14.5. The minimum Gasteiger partial charge on any atom is -0.322 e. The van der Waals surface area contributed by atoms with E-state index in [9.17, 15) is 9.18 Å². The number of imidazole rings is 1. The molecule has 0 fully saturated rings. The summed E-state index contributed by atoms with van der Waals surface area (Å²) in [6.07, 6.45) is 4.73. The third-order valence-electron chi connectivity index (χ3n) is 3.07. The van der Waals surface area contributed by atoms with Gasteiger partial charge in [-0.15, -0.1) is 0 Å². The molecular formula is C16H11BrFN3O. The van der Waals surface area contributed by atoms with Crippen LogP contribution < -0.4 is 5.32 Å². The van der Waals surface area contributed by atoms with Crippen LogP contribution in [-0.2, 0) is 0 Å². The van der Waals surface area contributed by atoms with Gasteiger partial charge < -0.3 is 9.88 Å². The number of nitrogens with zero attached hydrogens (tertiary/aromatic N) is 2. The Balaban J connectivity index is 1.81. The Labute approximate surface area is 134 Å². The van der Waals surface area contributed by atoms with Crippen molar-refractivity contribution in [2.45, 2.75) is 0 Å². The van der Waals surface area contributed by atoms with Crippen molar-refractivity contribution in [1.82, 2.24) is 9.55 Å². The van der Waals surface area contributed by atoms with Gasteiger partial charge in [-0.25, -0.2) is 9.37 Å². The van der Waals surface area contributed by atoms with E-state index in [4.69, 9.17) is 0 Å². The quantitative estimate of drug-likeness (QED) is 0.767. The van der Waals surface area contributed by atoms with Gasteiger partial charge in [0.15, 0.2) is 0 Å². The van der Waals surface area contributed by atoms with Crippen molar-refractivity contribution >= 4 is 27.5 Å². The zero-order valence-corrected chi connectivity index (χ0v) is 12.9. The summed E-state index contributed by atoms with van der Waals surface area (Å²) < 4.78 is 16.5. The lowest BCUT2D eigenvalue weighted by molar-refractivity contribution is 0.102. The van der Waals surface area contributed by atoms with Gasteiger partial charge in [0.25, 0.3) is 5.91 Å². The fourth-order valence-corrected chi connectivity index (χ4v) is 2.43. The average Bonchev–Trinajstić information content (AvgIpc) is 3.01. The van der Waals surface area contributed by atoms with E-state index < -0.39 is 5.82 Å². The smallest absolute Gasteiger partial charge is 0.255 e. The molecule has 0 atom stereocenters. The maximum atomic E-state index is 14.1. The van der Waals surface area contributed by atoms with Crippen molar-refractivity contribution in [1.29, 1.82) is 0 Å². The molecule has 3 aromatic rings. The molecular weight excluding hydrogens is 349 g/mol. The SMILES string of the molecule is O=C(Nc1ccc(-n2ccnc2)c(F)c1)c1cccc(Br)c1. The predicted molar refractivity (Wildman–Crippen MR) is 85.6 cm³/mol. The van der Waals surface area contributed by atoms with E-state index >= 15 is 0 Å². The van der Waals surface area contributed by atoms with E-state index in [2.05, 4.69) is 26.2 Å². The number of anilines is 1. The number of hydrogen-bond acceptors (Lipinski definition) is 2. The van der Waals surface area contributed by atoms with Crippen LogP contribution in [0.4, 0.5) is 10.1 Å². The summed E-state index contributed by atoms with van der Waals surface area (Å²) in [7, 11) is 0. The summed E-state index contributed by atoms with van der Waals surface area (Å²) in [4.78, 5) is 16.0.